The Bertz CT molecular complexity index is 1270. The van der Waals surface area contributed by atoms with Gasteiger partial charge in [0, 0.05) is 31.7 Å². The van der Waals surface area contributed by atoms with Crippen LogP contribution in [0.15, 0.2) is 63.9 Å². The van der Waals surface area contributed by atoms with Gasteiger partial charge in [-0.2, -0.15) is 17.5 Å². The number of halogens is 3. The van der Waals surface area contributed by atoms with E-state index in [9.17, 15) is 26.4 Å². The zero-order valence-corrected chi connectivity index (χ0v) is 19.1. The highest BCUT2D eigenvalue weighted by Crippen LogP contribution is 2.30. The molecule has 4 rings (SSSR count). The number of carbonyl (C=O) groups is 1. The molecule has 180 valence electrons. The lowest BCUT2D eigenvalue weighted by Gasteiger charge is -2.34. The van der Waals surface area contributed by atoms with Crippen LogP contribution in [0.4, 0.5) is 13.2 Å². The average Bonchev–Trinajstić information content (AvgIpc) is 3.19. The molecule has 0 aliphatic carbocycles. The summed E-state index contributed by atoms with van der Waals surface area (Å²) in [7, 11) is -3.97. The lowest BCUT2D eigenvalue weighted by atomic mass is 10.2. The van der Waals surface area contributed by atoms with Gasteiger partial charge in [-0.3, -0.25) is 4.79 Å². The van der Waals surface area contributed by atoms with Crippen LogP contribution in [0.1, 0.15) is 17.0 Å². The first-order valence-corrected chi connectivity index (χ1v) is 12.0. The molecule has 0 atom stereocenters. The SMILES string of the molecule is Cc1oc(-c2ccccc2)nc1CC(=O)N1CCN(S(=O)(=O)c2ccc(C(F)(F)F)cc2)CC1. The average molecular weight is 494 g/mol. The summed E-state index contributed by atoms with van der Waals surface area (Å²) in [5, 5.41) is 0. The Labute approximate surface area is 194 Å². The van der Waals surface area contributed by atoms with Crippen molar-refractivity contribution in [2.24, 2.45) is 0 Å². The van der Waals surface area contributed by atoms with E-state index in [4.69, 9.17) is 4.42 Å². The first-order valence-electron chi connectivity index (χ1n) is 10.5. The number of alkyl halides is 3. The number of oxazole rings is 1. The van der Waals surface area contributed by atoms with Crippen molar-refractivity contribution in [2.75, 3.05) is 26.2 Å². The van der Waals surface area contributed by atoms with Crippen LogP contribution in [-0.2, 0) is 27.4 Å². The number of sulfonamides is 1. The Morgan fingerprint density at radius 1 is 1.00 bits per heavy atom. The lowest BCUT2D eigenvalue weighted by Crippen LogP contribution is -2.50. The number of rotatable bonds is 5. The van der Waals surface area contributed by atoms with Crippen molar-refractivity contribution in [3.63, 3.8) is 0 Å². The third kappa shape index (κ3) is 5.00. The molecule has 0 N–H and O–H groups in total. The van der Waals surface area contributed by atoms with E-state index < -0.39 is 21.8 Å². The van der Waals surface area contributed by atoms with Crippen LogP contribution in [0, 0.1) is 6.92 Å². The minimum Gasteiger partial charge on any atom is -0.441 e. The van der Waals surface area contributed by atoms with Crippen molar-refractivity contribution in [1.82, 2.24) is 14.2 Å². The van der Waals surface area contributed by atoms with Gasteiger partial charge in [0.05, 0.1) is 22.6 Å². The fourth-order valence-electron chi connectivity index (χ4n) is 3.69. The van der Waals surface area contributed by atoms with Crippen molar-refractivity contribution >= 4 is 15.9 Å². The lowest BCUT2D eigenvalue weighted by molar-refractivity contribution is -0.137. The molecule has 34 heavy (non-hydrogen) atoms. The molecule has 7 nitrogen and oxygen atoms in total. The molecule has 1 saturated heterocycles. The molecule has 1 aliphatic heterocycles. The number of carbonyl (C=O) groups excluding carboxylic acids is 1. The third-order valence-electron chi connectivity index (χ3n) is 5.64. The fourth-order valence-corrected chi connectivity index (χ4v) is 5.12. The second kappa shape index (κ2) is 9.22. The maximum atomic E-state index is 12.8. The van der Waals surface area contributed by atoms with Crippen LogP contribution < -0.4 is 0 Å². The molecule has 2 heterocycles. The first-order chi connectivity index (χ1) is 16.1. The second-order valence-electron chi connectivity index (χ2n) is 7.87. The van der Waals surface area contributed by atoms with E-state index >= 15 is 0 Å². The summed E-state index contributed by atoms with van der Waals surface area (Å²) in [5.74, 6) is 0.756. The third-order valence-corrected chi connectivity index (χ3v) is 7.56. The van der Waals surface area contributed by atoms with E-state index in [2.05, 4.69) is 4.98 Å². The fraction of sp³-hybridized carbons (Fsp3) is 0.304. The first kappa shape index (κ1) is 24.0. The van der Waals surface area contributed by atoms with Crippen molar-refractivity contribution in [3.8, 4) is 11.5 Å². The van der Waals surface area contributed by atoms with Gasteiger partial charge in [0.1, 0.15) is 5.76 Å². The Balaban J connectivity index is 1.38. The molecule has 0 radical (unpaired) electrons. The molecule has 0 saturated carbocycles. The molecule has 1 amide bonds. The van der Waals surface area contributed by atoms with Crippen molar-refractivity contribution in [2.45, 2.75) is 24.4 Å². The second-order valence-corrected chi connectivity index (χ2v) is 9.81. The zero-order chi connectivity index (χ0) is 24.5. The number of benzene rings is 2. The van der Waals surface area contributed by atoms with Crippen LogP contribution in [0.2, 0.25) is 0 Å². The maximum Gasteiger partial charge on any atom is 0.416 e. The topological polar surface area (TPSA) is 83.7 Å². The molecule has 1 aromatic heterocycles. The molecule has 0 spiro atoms. The molecular weight excluding hydrogens is 471 g/mol. The van der Waals surface area contributed by atoms with E-state index in [-0.39, 0.29) is 43.4 Å². The predicted octanol–water partition coefficient (Wildman–Crippen LogP) is 3.74. The minimum atomic E-state index is -4.54. The van der Waals surface area contributed by atoms with Gasteiger partial charge in [0.25, 0.3) is 0 Å². The Kier molecular flexibility index (Phi) is 6.50. The van der Waals surface area contributed by atoms with Crippen LogP contribution in [0.5, 0.6) is 0 Å². The van der Waals surface area contributed by atoms with Crippen LogP contribution in [-0.4, -0.2) is 54.7 Å². The normalized spacial score (nSPS) is 15.5. The highest BCUT2D eigenvalue weighted by atomic mass is 32.2. The smallest absolute Gasteiger partial charge is 0.416 e. The Hall–Kier alpha value is -3.18. The summed E-state index contributed by atoms with van der Waals surface area (Å²) >= 11 is 0. The van der Waals surface area contributed by atoms with Gasteiger partial charge in [-0.25, -0.2) is 13.4 Å². The maximum absolute atomic E-state index is 12.8. The summed E-state index contributed by atoms with van der Waals surface area (Å²) in [5.41, 5.74) is 0.399. The number of piperazine rings is 1. The molecular formula is C23H22F3N3O4S. The van der Waals surface area contributed by atoms with Crippen molar-refractivity contribution in [1.29, 1.82) is 0 Å². The van der Waals surface area contributed by atoms with E-state index in [0.29, 0.717) is 17.3 Å². The summed E-state index contributed by atoms with van der Waals surface area (Å²) in [6.07, 6.45) is -4.52. The zero-order valence-electron chi connectivity index (χ0n) is 18.2. The number of nitrogens with zero attached hydrogens (tertiary/aromatic N) is 3. The van der Waals surface area contributed by atoms with E-state index in [0.717, 1.165) is 29.8 Å². The number of hydrogen-bond donors (Lipinski definition) is 0. The number of aromatic nitrogens is 1. The van der Waals surface area contributed by atoms with Crippen LogP contribution in [0.3, 0.4) is 0 Å². The van der Waals surface area contributed by atoms with Gasteiger partial charge in [-0.1, -0.05) is 18.2 Å². The molecule has 0 unspecified atom stereocenters. The van der Waals surface area contributed by atoms with Gasteiger partial charge in [-0.05, 0) is 43.3 Å². The largest absolute Gasteiger partial charge is 0.441 e. The molecule has 2 aromatic carbocycles. The van der Waals surface area contributed by atoms with Gasteiger partial charge < -0.3 is 9.32 Å². The van der Waals surface area contributed by atoms with Crippen LogP contribution >= 0.6 is 0 Å². The Morgan fingerprint density at radius 2 is 1.62 bits per heavy atom. The van der Waals surface area contributed by atoms with E-state index in [1.165, 1.54) is 4.31 Å². The summed E-state index contributed by atoms with van der Waals surface area (Å²) in [4.78, 5) is 18.6. The molecule has 11 heteroatoms. The van der Waals surface area contributed by atoms with Gasteiger partial charge in [0.15, 0.2) is 0 Å². The molecule has 1 fully saturated rings. The van der Waals surface area contributed by atoms with Gasteiger partial charge >= 0.3 is 6.18 Å². The molecule has 0 bridgehead atoms. The quantitative estimate of drug-likeness (QED) is 0.541. The van der Waals surface area contributed by atoms with Crippen molar-refractivity contribution < 1.29 is 30.8 Å². The summed E-state index contributed by atoms with van der Waals surface area (Å²) in [6, 6.07) is 12.7. The van der Waals surface area contributed by atoms with Crippen LogP contribution in [0.25, 0.3) is 11.5 Å². The number of aryl methyl sites for hydroxylation is 1. The van der Waals surface area contributed by atoms with Gasteiger partial charge in [0.2, 0.25) is 21.8 Å². The summed E-state index contributed by atoms with van der Waals surface area (Å²) in [6.45, 7) is 2.16. The van der Waals surface area contributed by atoms with Gasteiger partial charge in [-0.15, -0.1) is 0 Å². The highest BCUT2D eigenvalue weighted by Gasteiger charge is 2.33. The number of hydrogen-bond acceptors (Lipinski definition) is 5. The van der Waals surface area contributed by atoms with Crippen molar-refractivity contribution in [3.05, 3.63) is 71.6 Å². The minimum absolute atomic E-state index is 0.0216. The Morgan fingerprint density at radius 3 is 2.21 bits per heavy atom. The highest BCUT2D eigenvalue weighted by molar-refractivity contribution is 7.89. The van der Waals surface area contributed by atoms with E-state index in [1.807, 2.05) is 30.3 Å². The van der Waals surface area contributed by atoms with E-state index in [1.54, 1.807) is 11.8 Å². The molecule has 1 aliphatic rings. The summed E-state index contributed by atoms with van der Waals surface area (Å²) < 4.78 is 70.7. The standard InChI is InChI=1S/C23H22F3N3O4S/c1-16-20(27-22(33-16)17-5-3-2-4-6-17)15-21(30)28-11-13-29(14-12-28)34(31,32)19-9-7-18(8-10-19)23(24,25)26/h2-10H,11-15H2,1H3. The predicted molar refractivity (Wildman–Crippen MR) is 117 cm³/mol. The number of amides is 1. The molecule has 3 aromatic rings. The monoisotopic (exact) mass is 493 g/mol.